The molecule has 70 valence electrons. The summed E-state index contributed by atoms with van der Waals surface area (Å²) >= 11 is 1.87. The molecule has 1 aromatic rings. The van der Waals surface area contributed by atoms with Gasteiger partial charge in [0, 0.05) is 17.6 Å². The van der Waals surface area contributed by atoms with Crippen LogP contribution in [0.4, 0.5) is 0 Å². The highest BCUT2D eigenvalue weighted by Crippen LogP contribution is 2.37. The van der Waals surface area contributed by atoms with Crippen LogP contribution >= 0.6 is 11.8 Å². The molecule has 2 aliphatic heterocycles. The van der Waals surface area contributed by atoms with Crippen LogP contribution < -0.4 is 0 Å². The first kappa shape index (κ1) is 8.18. The van der Waals surface area contributed by atoms with E-state index in [1.54, 1.807) is 0 Å². The highest BCUT2D eigenvalue weighted by atomic mass is 32.2. The quantitative estimate of drug-likeness (QED) is 0.633. The summed E-state index contributed by atoms with van der Waals surface area (Å²) in [5.74, 6) is 0. The summed E-state index contributed by atoms with van der Waals surface area (Å²) < 4.78 is 0. The van der Waals surface area contributed by atoms with Crippen molar-refractivity contribution in [1.82, 2.24) is 4.90 Å². The Morgan fingerprint density at radius 1 is 1.21 bits per heavy atom. The van der Waals surface area contributed by atoms with Gasteiger partial charge in [0.25, 0.3) is 0 Å². The van der Waals surface area contributed by atoms with E-state index in [2.05, 4.69) is 47.5 Å². The van der Waals surface area contributed by atoms with Crippen molar-refractivity contribution in [3.8, 4) is 0 Å². The van der Waals surface area contributed by atoms with Crippen molar-refractivity contribution in [2.75, 3.05) is 6.54 Å². The normalized spacial score (nSPS) is 18.6. The Labute approximate surface area is 88.1 Å². The minimum Gasteiger partial charge on any atom is -0.342 e. The molecule has 0 aromatic heterocycles. The molecule has 0 amide bonds. The molecule has 0 spiro atoms. The lowest BCUT2D eigenvalue weighted by Gasteiger charge is -2.14. The second-order valence-electron chi connectivity index (χ2n) is 3.48. The van der Waals surface area contributed by atoms with Crippen molar-refractivity contribution in [3.63, 3.8) is 0 Å². The van der Waals surface area contributed by atoms with E-state index in [-0.39, 0.29) is 0 Å². The van der Waals surface area contributed by atoms with Gasteiger partial charge in [-0.05, 0) is 24.1 Å². The molecule has 0 radical (unpaired) electrons. The van der Waals surface area contributed by atoms with Crippen LogP contribution in [0.3, 0.4) is 0 Å². The zero-order valence-corrected chi connectivity index (χ0v) is 8.63. The predicted molar refractivity (Wildman–Crippen MR) is 60.7 cm³/mol. The van der Waals surface area contributed by atoms with Gasteiger partial charge in [0.05, 0.1) is 5.03 Å². The van der Waals surface area contributed by atoms with E-state index >= 15 is 0 Å². The van der Waals surface area contributed by atoms with Crippen molar-refractivity contribution in [2.24, 2.45) is 0 Å². The highest BCUT2D eigenvalue weighted by Gasteiger charge is 2.17. The Morgan fingerprint density at radius 3 is 3.14 bits per heavy atom. The molecule has 0 bridgehead atoms. The maximum Gasteiger partial charge on any atom is 0.0756 e. The Kier molecular flexibility index (Phi) is 1.88. The monoisotopic (exact) mass is 201 g/mol. The van der Waals surface area contributed by atoms with E-state index in [0.29, 0.717) is 0 Å². The molecule has 2 aliphatic rings. The van der Waals surface area contributed by atoms with E-state index in [1.165, 1.54) is 21.9 Å². The standard InChI is InChI=1S/C12H11NS/c1-2-5-11-10(4-1)7-9-13-8-3-6-12(13)14-11/h1-2,4-7,9H,3,8H2. The van der Waals surface area contributed by atoms with Crippen LogP contribution in [-0.2, 0) is 0 Å². The van der Waals surface area contributed by atoms with Crippen molar-refractivity contribution in [3.05, 3.63) is 47.1 Å². The first-order valence-corrected chi connectivity index (χ1v) is 5.67. The number of thioether (sulfide) groups is 1. The summed E-state index contributed by atoms with van der Waals surface area (Å²) in [5.41, 5.74) is 1.33. The van der Waals surface area contributed by atoms with Crippen LogP contribution in [0.5, 0.6) is 0 Å². The van der Waals surface area contributed by atoms with Gasteiger partial charge < -0.3 is 4.90 Å². The van der Waals surface area contributed by atoms with Crippen LogP contribution in [0.1, 0.15) is 12.0 Å². The van der Waals surface area contributed by atoms with Gasteiger partial charge in [0.2, 0.25) is 0 Å². The lowest BCUT2D eigenvalue weighted by molar-refractivity contribution is 0.543. The molecule has 1 aromatic carbocycles. The fourth-order valence-corrected chi connectivity index (χ4v) is 2.89. The van der Waals surface area contributed by atoms with Gasteiger partial charge in [-0.15, -0.1) is 0 Å². The molecule has 0 aliphatic carbocycles. The third-order valence-electron chi connectivity index (χ3n) is 2.54. The molecule has 0 saturated heterocycles. The summed E-state index contributed by atoms with van der Waals surface area (Å²) in [4.78, 5) is 3.68. The van der Waals surface area contributed by atoms with Crippen LogP contribution in [0.2, 0.25) is 0 Å². The Morgan fingerprint density at radius 2 is 2.14 bits per heavy atom. The molecule has 0 N–H and O–H groups in total. The highest BCUT2D eigenvalue weighted by molar-refractivity contribution is 8.03. The molecule has 2 heterocycles. The Balaban J connectivity index is 2.08. The molecule has 1 nitrogen and oxygen atoms in total. The number of nitrogens with zero attached hydrogens (tertiary/aromatic N) is 1. The van der Waals surface area contributed by atoms with Gasteiger partial charge in [0.1, 0.15) is 0 Å². The minimum absolute atomic E-state index is 1.13. The fourth-order valence-electron chi connectivity index (χ4n) is 1.80. The van der Waals surface area contributed by atoms with Crippen LogP contribution in [-0.4, -0.2) is 11.4 Å². The molecule has 0 atom stereocenters. The molecule has 14 heavy (non-hydrogen) atoms. The van der Waals surface area contributed by atoms with Crippen molar-refractivity contribution >= 4 is 17.8 Å². The fraction of sp³-hybridized carbons (Fsp3) is 0.167. The van der Waals surface area contributed by atoms with Crippen molar-refractivity contribution in [1.29, 1.82) is 0 Å². The molecule has 0 unspecified atom stereocenters. The zero-order valence-electron chi connectivity index (χ0n) is 7.81. The summed E-state index contributed by atoms with van der Waals surface area (Å²) in [7, 11) is 0. The number of benzene rings is 1. The van der Waals surface area contributed by atoms with Crippen molar-refractivity contribution < 1.29 is 0 Å². The molecular weight excluding hydrogens is 190 g/mol. The predicted octanol–water partition coefficient (Wildman–Crippen LogP) is 3.31. The molecular formula is C12H11NS. The maximum atomic E-state index is 2.32. The Bertz CT molecular complexity index is 420. The Hall–Kier alpha value is -1.15. The van der Waals surface area contributed by atoms with E-state index in [0.717, 1.165) is 6.54 Å². The molecule has 2 heteroatoms. The van der Waals surface area contributed by atoms with E-state index < -0.39 is 0 Å². The number of rotatable bonds is 0. The van der Waals surface area contributed by atoms with Gasteiger partial charge in [-0.3, -0.25) is 0 Å². The van der Waals surface area contributed by atoms with E-state index in [1.807, 2.05) is 11.8 Å². The molecule has 0 fully saturated rings. The summed E-state index contributed by atoms with van der Waals surface area (Å²) in [6.45, 7) is 1.13. The topological polar surface area (TPSA) is 3.24 Å². The third kappa shape index (κ3) is 1.26. The average Bonchev–Trinajstić information content (AvgIpc) is 2.58. The smallest absolute Gasteiger partial charge is 0.0756 e. The summed E-state index contributed by atoms with van der Waals surface area (Å²) in [6.07, 6.45) is 7.89. The van der Waals surface area contributed by atoms with Gasteiger partial charge in [0.15, 0.2) is 0 Å². The number of fused-ring (bicyclic) bond motifs is 2. The molecule has 0 saturated carbocycles. The van der Waals surface area contributed by atoms with Gasteiger partial charge >= 0.3 is 0 Å². The van der Waals surface area contributed by atoms with Gasteiger partial charge in [-0.2, -0.15) is 0 Å². The largest absolute Gasteiger partial charge is 0.342 e. The number of hydrogen-bond acceptors (Lipinski definition) is 2. The summed E-state index contributed by atoms with van der Waals surface area (Å²) in [5, 5.41) is 1.38. The minimum atomic E-state index is 1.13. The first-order valence-electron chi connectivity index (χ1n) is 4.85. The maximum absolute atomic E-state index is 2.32. The van der Waals surface area contributed by atoms with Gasteiger partial charge in [-0.25, -0.2) is 0 Å². The lowest BCUT2D eigenvalue weighted by atomic mass is 10.2. The zero-order chi connectivity index (χ0) is 9.38. The van der Waals surface area contributed by atoms with Gasteiger partial charge in [-0.1, -0.05) is 36.0 Å². The average molecular weight is 201 g/mol. The van der Waals surface area contributed by atoms with Crippen LogP contribution in [0.25, 0.3) is 6.08 Å². The SMILES string of the molecule is C1=CN2CCC=C2Sc2ccccc21. The molecule has 3 rings (SSSR count). The number of hydrogen-bond donors (Lipinski definition) is 0. The summed E-state index contributed by atoms with van der Waals surface area (Å²) in [6, 6.07) is 8.55. The van der Waals surface area contributed by atoms with Crippen LogP contribution in [0.15, 0.2) is 46.5 Å². The second-order valence-corrected chi connectivity index (χ2v) is 4.54. The lowest BCUT2D eigenvalue weighted by Crippen LogP contribution is -2.08. The van der Waals surface area contributed by atoms with Crippen LogP contribution in [0, 0.1) is 0 Å². The van der Waals surface area contributed by atoms with E-state index in [4.69, 9.17) is 0 Å². The second kappa shape index (κ2) is 3.21. The third-order valence-corrected chi connectivity index (χ3v) is 3.74. The van der Waals surface area contributed by atoms with E-state index in [9.17, 15) is 0 Å². The van der Waals surface area contributed by atoms with Crippen molar-refractivity contribution in [2.45, 2.75) is 11.3 Å². The first-order chi connectivity index (χ1) is 6.93.